The van der Waals surface area contributed by atoms with E-state index in [9.17, 15) is 0 Å². The first kappa shape index (κ1) is 15.3. The van der Waals surface area contributed by atoms with Crippen LogP contribution in [0.4, 0.5) is 17.1 Å². The van der Waals surface area contributed by atoms with Gasteiger partial charge in [0.1, 0.15) is 0 Å². The van der Waals surface area contributed by atoms with Crippen molar-refractivity contribution in [2.45, 2.75) is 0 Å². The summed E-state index contributed by atoms with van der Waals surface area (Å²) < 4.78 is 0. The fraction of sp³-hybridized carbons (Fsp3) is 0. The number of pyridine rings is 1. The van der Waals surface area contributed by atoms with E-state index in [2.05, 4.69) is 9.88 Å². The summed E-state index contributed by atoms with van der Waals surface area (Å²) in [5.41, 5.74) is 3.55. The van der Waals surface area contributed by atoms with Gasteiger partial charge in [0.15, 0.2) is 0 Å². The highest BCUT2D eigenvalue weighted by atomic mass is 15.1. The minimum absolute atomic E-state index is 0.108. The molecule has 0 spiro atoms. The molecule has 1 heterocycles. The molecule has 0 aliphatic carbocycles. The third-order valence-corrected chi connectivity index (χ3v) is 3.57. The van der Waals surface area contributed by atoms with Gasteiger partial charge >= 0.3 is 0 Å². The number of rotatable bonds is 4. The number of hydrogen-bond acceptors (Lipinski definition) is 4. The number of hydrogen-bond donors (Lipinski definition) is 0. The first-order valence-corrected chi connectivity index (χ1v) is 7.36. The standard InChI is InChI=1S/C20H13N4/c21-14-17(15-22)16-6-8-19(9-7-16)24(18-4-2-1-3-5-18)20-10-12-23-13-11-20/h1-13H. The molecule has 24 heavy (non-hydrogen) atoms. The molecule has 0 atom stereocenters. The number of aromatic nitrogens is 1. The van der Waals surface area contributed by atoms with E-state index in [1.54, 1.807) is 24.5 Å². The molecular weight excluding hydrogens is 296 g/mol. The second-order valence-electron chi connectivity index (χ2n) is 5.02. The molecule has 2 aromatic carbocycles. The molecule has 4 heteroatoms. The Bertz CT molecular complexity index is 821. The largest absolute Gasteiger partial charge is 0.310 e. The first-order chi connectivity index (χ1) is 11.8. The summed E-state index contributed by atoms with van der Waals surface area (Å²) >= 11 is 0. The minimum Gasteiger partial charge on any atom is -0.310 e. The number of benzene rings is 2. The summed E-state index contributed by atoms with van der Waals surface area (Å²) in [6.07, 6.45) is 3.49. The molecular formula is C20H13N4. The predicted molar refractivity (Wildman–Crippen MR) is 92.5 cm³/mol. The molecule has 0 fully saturated rings. The summed E-state index contributed by atoms with van der Waals surface area (Å²) in [6.45, 7) is 0. The van der Waals surface area contributed by atoms with Crippen molar-refractivity contribution in [3.05, 3.63) is 90.6 Å². The van der Waals surface area contributed by atoms with Gasteiger partial charge in [-0.3, -0.25) is 4.98 Å². The van der Waals surface area contributed by atoms with Crippen LogP contribution >= 0.6 is 0 Å². The van der Waals surface area contributed by atoms with Crippen molar-refractivity contribution >= 4 is 17.1 Å². The van der Waals surface area contributed by atoms with E-state index in [0.29, 0.717) is 5.56 Å². The van der Waals surface area contributed by atoms with Crippen LogP contribution in [0.3, 0.4) is 0 Å². The van der Waals surface area contributed by atoms with Gasteiger partial charge in [0, 0.05) is 29.5 Å². The van der Waals surface area contributed by atoms with E-state index in [4.69, 9.17) is 10.5 Å². The number of nitrogens with zero attached hydrogens (tertiary/aromatic N) is 4. The van der Waals surface area contributed by atoms with E-state index in [1.807, 2.05) is 66.7 Å². The second-order valence-corrected chi connectivity index (χ2v) is 5.02. The van der Waals surface area contributed by atoms with Gasteiger partial charge in [0.25, 0.3) is 0 Å². The predicted octanol–water partition coefficient (Wildman–Crippen LogP) is 4.52. The Morgan fingerprint density at radius 1 is 0.708 bits per heavy atom. The maximum absolute atomic E-state index is 8.99. The van der Waals surface area contributed by atoms with Crippen LogP contribution in [-0.2, 0) is 0 Å². The fourth-order valence-corrected chi connectivity index (χ4v) is 2.45. The molecule has 0 saturated heterocycles. The average Bonchev–Trinajstić information content (AvgIpc) is 2.66. The molecule has 1 radical (unpaired) electrons. The average molecular weight is 309 g/mol. The fourth-order valence-electron chi connectivity index (χ4n) is 2.45. The molecule has 4 nitrogen and oxygen atoms in total. The Morgan fingerprint density at radius 2 is 1.25 bits per heavy atom. The summed E-state index contributed by atoms with van der Waals surface area (Å²) in [4.78, 5) is 6.16. The summed E-state index contributed by atoms with van der Waals surface area (Å²) in [5.74, 6) is 0.108. The van der Waals surface area contributed by atoms with Crippen LogP contribution in [0.15, 0.2) is 79.1 Å². The number of nitriles is 2. The molecule has 0 N–H and O–H groups in total. The van der Waals surface area contributed by atoms with Gasteiger partial charge in [-0.25, -0.2) is 0 Å². The van der Waals surface area contributed by atoms with Gasteiger partial charge in [-0.15, -0.1) is 0 Å². The highest BCUT2D eigenvalue weighted by Crippen LogP contribution is 2.34. The molecule has 0 unspecified atom stereocenters. The molecule has 0 saturated carbocycles. The SMILES string of the molecule is N#C[C](C#N)c1ccc(N(c2ccccc2)c2ccncc2)cc1. The molecule has 0 aliphatic rings. The normalized spacial score (nSPS) is 9.96. The van der Waals surface area contributed by atoms with Gasteiger partial charge < -0.3 is 4.90 Å². The van der Waals surface area contributed by atoms with Gasteiger partial charge in [-0.2, -0.15) is 10.5 Å². The van der Waals surface area contributed by atoms with E-state index < -0.39 is 0 Å². The molecule has 3 rings (SSSR count). The Labute approximate surface area is 140 Å². The van der Waals surface area contributed by atoms with E-state index in [1.165, 1.54) is 0 Å². The minimum atomic E-state index is 0.108. The lowest BCUT2D eigenvalue weighted by Gasteiger charge is -2.25. The smallest absolute Gasteiger partial charge is 0.204 e. The topological polar surface area (TPSA) is 63.7 Å². The highest BCUT2D eigenvalue weighted by Gasteiger charge is 2.14. The second kappa shape index (κ2) is 7.09. The Hall–Kier alpha value is -3.63. The van der Waals surface area contributed by atoms with Crippen LogP contribution in [0.5, 0.6) is 0 Å². The van der Waals surface area contributed by atoms with Crippen LogP contribution in [0.2, 0.25) is 0 Å². The van der Waals surface area contributed by atoms with E-state index in [-0.39, 0.29) is 5.92 Å². The van der Waals surface area contributed by atoms with Crippen molar-refractivity contribution in [3.63, 3.8) is 0 Å². The van der Waals surface area contributed by atoms with Crippen molar-refractivity contribution in [1.82, 2.24) is 4.98 Å². The van der Waals surface area contributed by atoms with E-state index in [0.717, 1.165) is 17.1 Å². The lowest BCUT2D eigenvalue weighted by atomic mass is 10.0. The van der Waals surface area contributed by atoms with Crippen molar-refractivity contribution in [2.75, 3.05) is 4.90 Å². The highest BCUT2D eigenvalue weighted by molar-refractivity contribution is 5.76. The lowest BCUT2D eigenvalue weighted by molar-refractivity contribution is 1.24. The zero-order valence-electron chi connectivity index (χ0n) is 12.8. The van der Waals surface area contributed by atoms with Gasteiger partial charge in [-0.1, -0.05) is 30.3 Å². The maximum Gasteiger partial charge on any atom is 0.204 e. The van der Waals surface area contributed by atoms with Gasteiger partial charge in [-0.05, 0) is 42.0 Å². The third kappa shape index (κ3) is 3.09. The molecule has 1 aromatic heterocycles. The third-order valence-electron chi connectivity index (χ3n) is 3.57. The van der Waals surface area contributed by atoms with Gasteiger partial charge in [0.2, 0.25) is 5.92 Å². The van der Waals surface area contributed by atoms with Crippen molar-refractivity contribution < 1.29 is 0 Å². The zero-order valence-corrected chi connectivity index (χ0v) is 12.8. The summed E-state index contributed by atoms with van der Waals surface area (Å²) in [6, 6.07) is 25.0. The van der Waals surface area contributed by atoms with Crippen molar-refractivity contribution in [1.29, 1.82) is 10.5 Å². The summed E-state index contributed by atoms with van der Waals surface area (Å²) in [5, 5.41) is 18.0. The van der Waals surface area contributed by atoms with Crippen LogP contribution in [0.1, 0.15) is 5.56 Å². The molecule has 0 aliphatic heterocycles. The zero-order chi connectivity index (χ0) is 16.8. The molecule has 3 aromatic rings. The molecule has 113 valence electrons. The van der Waals surface area contributed by atoms with Crippen LogP contribution in [0, 0.1) is 28.6 Å². The number of para-hydroxylation sites is 1. The Balaban J connectivity index is 2.04. The number of anilines is 3. The maximum atomic E-state index is 8.99. The van der Waals surface area contributed by atoms with Crippen molar-refractivity contribution in [2.24, 2.45) is 0 Å². The Kier molecular flexibility index (Phi) is 4.51. The van der Waals surface area contributed by atoms with E-state index >= 15 is 0 Å². The van der Waals surface area contributed by atoms with Crippen LogP contribution in [0.25, 0.3) is 0 Å². The quantitative estimate of drug-likeness (QED) is 0.710. The monoisotopic (exact) mass is 309 g/mol. The Morgan fingerprint density at radius 3 is 1.83 bits per heavy atom. The lowest BCUT2D eigenvalue weighted by Crippen LogP contribution is -2.10. The first-order valence-electron chi connectivity index (χ1n) is 7.36. The van der Waals surface area contributed by atoms with Crippen molar-refractivity contribution in [3.8, 4) is 12.1 Å². The van der Waals surface area contributed by atoms with Crippen LogP contribution in [-0.4, -0.2) is 4.98 Å². The summed E-state index contributed by atoms with van der Waals surface area (Å²) in [7, 11) is 0. The van der Waals surface area contributed by atoms with Gasteiger partial charge in [0.05, 0.1) is 12.1 Å². The molecule has 0 amide bonds. The molecule has 0 bridgehead atoms. The van der Waals surface area contributed by atoms with Crippen LogP contribution < -0.4 is 4.90 Å².